The molecule has 3 heterocycles. The molecule has 0 radical (unpaired) electrons. The van der Waals surface area contributed by atoms with Crippen LogP contribution >= 0.6 is 0 Å². The molecule has 0 unspecified atom stereocenters. The first-order valence-corrected chi connectivity index (χ1v) is 9.98. The van der Waals surface area contributed by atoms with Crippen LogP contribution in [-0.4, -0.2) is 65.0 Å². The Bertz CT molecular complexity index is 685. The molecular formula is C15H24N4O3S. The van der Waals surface area contributed by atoms with Crippen LogP contribution in [0.15, 0.2) is 12.4 Å². The predicted octanol–water partition coefficient (Wildman–Crippen LogP) is 0.779. The van der Waals surface area contributed by atoms with Crippen LogP contribution in [0.5, 0.6) is 0 Å². The number of amides is 1. The second kappa shape index (κ2) is 6.24. The Kier molecular flexibility index (Phi) is 4.46. The molecule has 0 N–H and O–H groups in total. The van der Waals surface area contributed by atoms with Gasteiger partial charge in [0.15, 0.2) is 0 Å². The number of piperidine rings is 1. The number of hydrogen-bond acceptors (Lipinski definition) is 4. The van der Waals surface area contributed by atoms with E-state index in [1.54, 1.807) is 6.20 Å². The van der Waals surface area contributed by atoms with Crippen molar-refractivity contribution in [1.82, 2.24) is 18.8 Å². The zero-order valence-electron chi connectivity index (χ0n) is 13.7. The van der Waals surface area contributed by atoms with Crippen molar-refractivity contribution in [3.63, 3.8) is 0 Å². The number of imidazole rings is 1. The Morgan fingerprint density at radius 1 is 1.26 bits per heavy atom. The summed E-state index contributed by atoms with van der Waals surface area (Å²) in [5.74, 6) is 0.901. The van der Waals surface area contributed by atoms with Gasteiger partial charge in [0.05, 0.1) is 12.3 Å². The van der Waals surface area contributed by atoms with Crippen molar-refractivity contribution in [2.45, 2.75) is 44.7 Å². The summed E-state index contributed by atoms with van der Waals surface area (Å²) in [6.07, 6.45) is 8.23. The highest BCUT2D eigenvalue weighted by atomic mass is 32.2. The molecule has 0 aromatic carbocycles. The molecule has 0 bridgehead atoms. The Morgan fingerprint density at radius 2 is 2.00 bits per heavy atom. The van der Waals surface area contributed by atoms with E-state index in [1.165, 1.54) is 10.6 Å². The van der Waals surface area contributed by atoms with Crippen molar-refractivity contribution in [1.29, 1.82) is 0 Å². The number of carbonyl (C=O) groups is 1. The van der Waals surface area contributed by atoms with E-state index in [0.29, 0.717) is 26.1 Å². The molecule has 1 amide bonds. The van der Waals surface area contributed by atoms with E-state index in [2.05, 4.69) is 9.55 Å². The Morgan fingerprint density at radius 3 is 2.65 bits per heavy atom. The van der Waals surface area contributed by atoms with Gasteiger partial charge in [-0.1, -0.05) is 0 Å². The van der Waals surface area contributed by atoms with Crippen molar-refractivity contribution in [2.24, 2.45) is 0 Å². The SMILES string of the molecule is Cc1nccn1[C@H]1CCCN(C(=O)[C@H]2CCCN2S(C)(=O)=O)C1. The van der Waals surface area contributed by atoms with Gasteiger partial charge in [0.25, 0.3) is 0 Å². The minimum absolute atomic E-state index is 0.0459. The summed E-state index contributed by atoms with van der Waals surface area (Å²) >= 11 is 0. The molecule has 8 heteroatoms. The lowest BCUT2D eigenvalue weighted by Crippen LogP contribution is -2.50. The summed E-state index contributed by atoms with van der Waals surface area (Å²) in [6.45, 7) is 3.75. The summed E-state index contributed by atoms with van der Waals surface area (Å²) in [7, 11) is -3.33. The third kappa shape index (κ3) is 3.28. The summed E-state index contributed by atoms with van der Waals surface area (Å²) in [5.41, 5.74) is 0. The van der Waals surface area contributed by atoms with Crippen molar-refractivity contribution in [2.75, 3.05) is 25.9 Å². The molecule has 23 heavy (non-hydrogen) atoms. The van der Waals surface area contributed by atoms with Crippen LogP contribution in [0.25, 0.3) is 0 Å². The number of aromatic nitrogens is 2. The van der Waals surface area contributed by atoms with Gasteiger partial charge in [-0.05, 0) is 32.6 Å². The normalized spacial score (nSPS) is 26.6. The van der Waals surface area contributed by atoms with E-state index in [4.69, 9.17) is 0 Å². The number of nitrogens with zero attached hydrogens (tertiary/aromatic N) is 4. The molecule has 2 aliphatic heterocycles. The Hall–Kier alpha value is -1.41. The highest BCUT2D eigenvalue weighted by Crippen LogP contribution is 2.27. The first kappa shape index (κ1) is 16.4. The highest BCUT2D eigenvalue weighted by Gasteiger charge is 2.39. The van der Waals surface area contributed by atoms with Crippen molar-refractivity contribution in [3.05, 3.63) is 18.2 Å². The van der Waals surface area contributed by atoms with Gasteiger partial charge in [0.2, 0.25) is 15.9 Å². The second-order valence-corrected chi connectivity index (χ2v) is 8.43. The number of aryl methyl sites for hydroxylation is 1. The predicted molar refractivity (Wildman–Crippen MR) is 86.4 cm³/mol. The molecular weight excluding hydrogens is 316 g/mol. The average molecular weight is 340 g/mol. The van der Waals surface area contributed by atoms with Crippen LogP contribution < -0.4 is 0 Å². The number of likely N-dealkylation sites (tertiary alicyclic amines) is 1. The number of sulfonamides is 1. The monoisotopic (exact) mass is 340 g/mol. The third-order valence-electron chi connectivity index (χ3n) is 4.88. The van der Waals surface area contributed by atoms with Crippen LogP contribution in [0.1, 0.15) is 37.5 Å². The van der Waals surface area contributed by atoms with Gasteiger partial charge in [0.1, 0.15) is 11.9 Å². The average Bonchev–Trinajstić information content (AvgIpc) is 3.14. The summed E-state index contributed by atoms with van der Waals surface area (Å²) in [6, 6.07) is -0.295. The van der Waals surface area contributed by atoms with Crippen LogP contribution in [-0.2, 0) is 14.8 Å². The molecule has 2 aliphatic rings. The fourth-order valence-corrected chi connectivity index (χ4v) is 4.87. The maximum Gasteiger partial charge on any atom is 0.241 e. The smallest absolute Gasteiger partial charge is 0.241 e. The molecule has 2 saturated heterocycles. The summed E-state index contributed by atoms with van der Waals surface area (Å²) in [4.78, 5) is 18.9. The largest absolute Gasteiger partial charge is 0.339 e. The van der Waals surface area contributed by atoms with E-state index in [1.807, 2.05) is 18.0 Å². The van der Waals surface area contributed by atoms with E-state index < -0.39 is 16.1 Å². The number of carbonyl (C=O) groups excluding carboxylic acids is 1. The standard InChI is InChI=1S/C15H24N4O3S/c1-12-16-7-10-18(12)13-5-3-8-17(11-13)15(20)14-6-4-9-19(14)23(2,21)22/h7,10,13-14H,3-6,8-9,11H2,1-2H3/t13-,14+/m0/s1. The first-order chi connectivity index (χ1) is 10.9. The van der Waals surface area contributed by atoms with Gasteiger partial charge in [0, 0.05) is 32.0 Å². The zero-order chi connectivity index (χ0) is 16.6. The van der Waals surface area contributed by atoms with Crippen molar-refractivity contribution >= 4 is 15.9 Å². The lowest BCUT2D eigenvalue weighted by Gasteiger charge is -2.36. The van der Waals surface area contributed by atoms with Crippen LogP contribution in [0.4, 0.5) is 0 Å². The number of rotatable bonds is 3. The lowest BCUT2D eigenvalue weighted by molar-refractivity contribution is -0.136. The van der Waals surface area contributed by atoms with Gasteiger partial charge >= 0.3 is 0 Å². The molecule has 3 rings (SSSR count). The van der Waals surface area contributed by atoms with Crippen LogP contribution in [0.3, 0.4) is 0 Å². The quantitative estimate of drug-likeness (QED) is 0.815. The minimum atomic E-state index is -3.33. The van der Waals surface area contributed by atoms with Gasteiger partial charge in [-0.25, -0.2) is 13.4 Å². The highest BCUT2D eigenvalue weighted by molar-refractivity contribution is 7.88. The molecule has 128 valence electrons. The van der Waals surface area contributed by atoms with E-state index in [-0.39, 0.29) is 11.9 Å². The van der Waals surface area contributed by atoms with Gasteiger partial charge < -0.3 is 9.47 Å². The second-order valence-electron chi connectivity index (χ2n) is 6.49. The minimum Gasteiger partial charge on any atom is -0.339 e. The fraction of sp³-hybridized carbons (Fsp3) is 0.733. The van der Waals surface area contributed by atoms with Gasteiger partial charge in [-0.3, -0.25) is 4.79 Å². The molecule has 2 fully saturated rings. The fourth-order valence-electron chi connectivity index (χ4n) is 3.75. The van der Waals surface area contributed by atoms with E-state index >= 15 is 0 Å². The third-order valence-corrected chi connectivity index (χ3v) is 6.17. The zero-order valence-corrected chi connectivity index (χ0v) is 14.5. The van der Waals surface area contributed by atoms with E-state index in [9.17, 15) is 13.2 Å². The Balaban J connectivity index is 1.74. The molecule has 7 nitrogen and oxygen atoms in total. The summed E-state index contributed by atoms with van der Waals surface area (Å²) in [5, 5.41) is 0. The first-order valence-electron chi connectivity index (χ1n) is 8.13. The summed E-state index contributed by atoms with van der Waals surface area (Å²) < 4.78 is 27.2. The van der Waals surface area contributed by atoms with Gasteiger partial charge in [-0.2, -0.15) is 4.31 Å². The Labute approximate surface area is 137 Å². The molecule has 0 spiro atoms. The van der Waals surface area contributed by atoms with Crippen molar-refractivity contribution < 1.29 is 13.2 Å². The molecule has 1 aromatic rings. The van der Waals surface area contributed by atoms with Crippen molar-refractivity contribution in [3.8, 4) is 0 Å². The van der Waals surface area contributed by atoms with Crippen LogP contribution in [0.2, 0.25) is 0 Å². The number of hydrogen-bond donors (Lipinski definition) is 0. The van der Waals surface area contributed by atoms with Crippen LogP contribution in [0, 0.1) is 6.92 Å². The lowest BCUT2D eigenvalue weighted by atomic mass is 10.0. The maximum absolute atomic E-state index is 12.9. The van der Waals surface area contributed by atoms with E-state index in [0.717, 1.165) is 25.1 Å². The molecule has 1 aromatic heterocycles. The molecule has 2 atom stereocenters. The molecule has 0 aliphatic carbocycles. The maximum atomic E-state index is 12.9. The van der Waals surface area contributed by atoms with Gasteiger partial charge in [-0.15, -0.1) is 0 Å². The topological polar surface area (TPSA) is 75.5 Å². The molecule has 0 saturated carbocycles.